The molecule has 134 valence electrons. The molecule has 0 radical (unpaired) electrons. The Morgan fingerprint density at radius 3 is 2.88 bits per heavy atom. The number of hydrogen-bond acceptors (Lipinski definition) is 2. The van der Waals surface area contributed by atoms with Crippen LogP contribution in [0, 0.1) is 5.82 Å². The van der Waals surface area contributed by atoms with Gasteiger partial charge in [0.25, 0.3) is 5.91 Å². The Labute approximate surface area is 152 Å². The summed E-state index contributed by atoms with van der Waals surface area (Å²) in [4.78, 5) is 14.7. The summed E-state index contributed by atoms with van der Waals surface area (Å²) < 4.78 is 20.7. The van der Waals surface area contributed by atoms with Crippen LogP contribution in [0.5, 0.6) is 5.75 Å². The number of benzene rings is 1. The average molecular weight is 365 g/mol. The lowest BCUT2D eigenvalue weighted by Crippen LogP contribution is -2.38. The van der Waals surface area contributed by atoms with Gasteiger partial charge in [0.05, 0.1) is 11.1 Å². The van der Waals surface area contributed by atoms with Crippen molar-refractivity contribution in [3.8, 4) is 5.75 Å². The molecule has 1 unspecified atom stereocenters. The Bertz CT molecular complexity index is 747. The third kappa shape index (κ3) is 4.15. The third-order valence-electron chi connectivity index (χ3n) is 4.64. The molecule has 4 nitrogen and oxygen atoms in total. The lowest BCUT2D eigenvalue weighted by Gasteiger charge is -2.30. The highest BCUT2D eigenvalue weighted by molar-refractivity contribution is 6.32. The molecule has 0 saturated carbocycles. The second kappa shape index (κ2) is 7.91. The molecule has 1 aromatic heterocycles. The molecule has 0 spiro atoms. The predicted octanol–water partition coefficient (Wildman–Crippen LogP) is 4.34. The maximum atomic E-state index is 13.1. The molecule has 1 aliphatic heterocycles. The summed E-state index contributed by atoms with van der Waals surface area (Å²) in [6.07, 6.45) is 6.15. The molecule has 1 saturated heterocycles. The SMILES string of the molecule is Cn1cccc1C1CCCCCN1C(=O)COc1ccc(F)cc1Cl. The van der Waals surface area contributed by atoms with E-state index >= 15 is 0 Å². The Kier molecular flexibility index (Phi) is 5.63. The van der Waals surface area contributed by atoms with Crippen LogP contribution in [-0.2, 0) is 11.8 Å². The summed E-state index contributed by atoms with van der Waals surface area (Å²) in [5.41, 5.74) is 1.13. The highest BCUT2D eigenvalue weighted by Crippen LogP contribution is 2.31. The lowest BCUT2D eigenvalue weighted by molar-refractivity contribution is -0.136. The van der Waals surface area contributed by atoms with Crippen LogP contribution in [0.2, 0.25) is 5.02 Å². The largest absolute Gasteiger partial charge is 0.482 e. The first kappa shape index (κ1) is 17.8. The molecule has 1 amide bonds. The molecule has 2 heterocycles. The van der Waals surface area contributed by atoms with Gasteiger partial charge >= 0.3 is 0 Å². The van der Waals surface area contributed by atoms with Crippen LogP contribution in [0.3, 0.4) is 0 Å². The van der Waals surface area contributed by atoms with E-state index in [1.807, 2.05) is 24.2 Å². The number of amides is 1. The number of aryl methyl sites for hydroxylation is 1. The quantitative estimate of drug-likeness (QED) is 0.808. The van der Waals surface area contributed by atoms with Gasteiger partial charge in [-0.2, -0.15) is 0 Å². The number of ether oxygens (including phenoxy) is 1. The van der Waals surface area contributed by atoms with E-state index in [-0.39, 0.29) is 23.6 Å². The van der Waals surface area contributed by atoms with Crippen molar-refractivity contribution in [1.82, 2.24) is 9.47 Å². The topological polar surface area (TPSA) is 34.5 Å². The van der Waals surface area contributed by atoms with E-state index in [0.717, 1.165) is 37.9 Å². The summed E-state index contributed by atoms with van der Waals surface area (Å²) in [5.74, 6) is -0.185. The predicted molar refractivity (Wildman–Crippen MR) is 95.2 cm³/mol. The zero-order valence-corrected chi connectivity index (χ0v) is 15.0. The average Bonchev–Trinajstić information content (AvgIpc) is 2.86. The van der Waals surface area contributed by atoms with Crippen molar-refractivity contribution in [2.45, 2.75) is 31.7 Å². The minimum absolute atomic E-state index is 0.0577. The van der Waals surface area contributed by atoms with Crippen molar-refractivity contribution in [3.05, 3.63) is 53.1 Å². The fourth-order valence-corrected chi connectivity index (χ4v) is 3.57. The smallest absolute Gasteiger partial charge is 0.261 e. The molecule has 6 heteroatoms. The standard InChI is InChI=1S/C19H22ClFN2O2/c1-22-10-5-7-16(22)17-6-3-2-4-11-23(17)19(24)13-25-18-9-8-14(21)12-15(18)20/h5,7-10,12,17H,2-4,6,11,13H2,1H3. The second-order valence-electron chi connectivity index (χ2n) is 6.36. The van der Waals surface area contributed by atoms with Gasteiger partial charge in [-0.3, -0.25) is 4.79 Å². The molecule has 0 N–H and O–H groups in total. The van der Waals surface area contributed by atoms with E-state index in [4.69, 9.17) is 16.3 Å². The lowest BCUT2D eigenvalue weighted by atomic mass is 10.1. The minimum Gasteiger partial charge on any atom is -0.482 e. The van der Waals surface area contributed by atoms with Crippen molar-refractivity contribution in [1.29, 1.82) is 0 Å². The Balaban J connectivity index is 1.72. The first-order valence-electron chi connectivity index (χ1n) is 8.55. The molecule has 2 aromatic rings. The van der Waals surface area contributed by atoms with E-state index < -0.39 is 5.82 Å². The number of nitrogens with zero attached hydrogens (tertiary/aromatic N) is 2. The summed E-state index contributed by atoms with van der Waals surface area (Å²) in [7, 11) is 2.00. The molecule has 0 aliphatic carbocycles. The molecule has 1 aliphatic rings. The van der Waals surface area contributed by atoms with Crippen LogP contribution >= 0.6 is 11.6 Å². The summed E-state index contributed by atoms with van der Waals surface area (Å²) in [6.45, 7) is 0.613. The zero-order valence-electron chi connectivity index (χ0n) is 14.3. The Morgan fingerprint density at radius 1 is 1.32 bits per heavy atom. The zero-order chi connectivity index (χ0) is 17.8. The molecule has 25 heavy (non-hydrogen) atoms. The number of carbonyl (C=O) groups excluding carboxylic acids is 1. The highest BCUT2D eigenvalue weighted by Gasteiger charge is 2.28. The first-order chi connectivity index (χ1) is 12.1. The van der Waals surface area contributed by atoms with Crippen molar-refractivity contribution >= 4 is 17.5 Å². The normalized spacial score (nSPS) is 18.0. The van der Waals surface area contributed by atoms with Gasteiger partial charge in [-0.1, -0.05) is 24.4 Å². The van der Waals surface area contributed by atoms with Gasteiger partial charge < -0.3 is 14.2 Å². The van der Waals surface area contributed by atoms with E-state index in [2.05, 4.69) is 10.6 Å². The molecule has 1 atom stereocenters. The van der Waals surface area contributed by atoms with E-state index in [1.165, 1.54) is 18.2 Å². The summed E-state index contributed by atoms with van der Waals surface area (Å²) in [6, 6.07) is 8.01. The van der Waals surface area contributed by atoms with E-state index in [0.29, 0.717) is 5.75 Å². The monoisotopic (exact) mass is 364 g/mol. The van der Waals surface area contributed by atoms with Crippen LogP contribution in [0.15, 0.2) is 36.5 Å². The van der Waals surface area contributed by atoms with Gasteiger partial charge in [0.15, 0.2) is 6.61 Å². The maximum Gasteiger partial charge on any atom is 0.261 e. The van der Waals surface area contributed by atoms with Gasteiger partial charge in [-0.15, -0.1) is 0 Å². The van der Waals surface area contributed by atoms with E-state index in [9.17, 15) is 9.18 Å². The highest BCUT2D eigenvalue weighted by atomic mass is 35.5. The number of hydrogen-bond donors (Lipinski definition) is 0. The summed E-state index contributed by atoms with van der Waals surface area (Å²) >= 11 is 5.96. The molecule has 1 aromatic carbocycles. The number of carbonyl (C=O) groups is 1. The molecular weight excluding hydrogens is 343 g/mol. The van der Waals surface area contributed by atoms with Gasteiger partial charge in [-0.25, -0.2) is 4.39 Å². The second-order valence-corrected chi connectivity index (χ2v) is 6.77. The molecule has 0 bridgehead atoms. The fraction of sp³-hybridized carbons (Fsp3) is 0.421. The van der Waals surface area contributed by atoms with Crippen LogP contribution in [0.4, 0.5) is 4.39 Å². The molecule has 1 fully saturated rings. The maximum absolute atomic E-state index is 13.1. The first-order valence-corrected chi connectivity index (χ1v) is 8.92. The minimum atomic E-state index is -0.431. The van der Waals surface area contributed by atoms with Gasteiger partial charge in [0.1, 0.15) is 11.6 Å². The van der Waals surface area contributed by atoms with Crippen LogP contribution in [0.25, 0.3) is 0 Å². The fourth-order valence-electron chi connectivity index (χ4n) is 3.35. The van der Waals surface area contributed by atoms with Gasteiger partial charge in [0.2, 0.25) is 0 Å². The third-order valence-corrected chi connectivity index (χ3v) is 4.94. The van der Waals surface area contributed by atoms with Gasteiger partial charge in [-0.05, 0) is 43.2 Å². The van der Waals surface area contributed by atoms with Crippen molar-refractivity contribution in [2.24, 2.45) is 7.05 Å². The van der Waals surface area contributed by atoms with Gasteiger partial charge in [0, 0.05) is 25.5 Å². The number of halogens is 2. The number of aromatic nitrogens is 1. The van der Waals surface area contributed by atoms with Crippen molar-refractivity contribution < 1.29 is 13.9 Å². The van der Waals surface area contributed by atoms with Crippen molar-refractivity contribution in [2.75, 3.05) is 13.2 Å². The van der Waals surface area contributed by atoms with Crippen molar-refractivity contribution in [3.63, 3.8) is 0 Å². The number of likely N-dealkylation sites (tertiary alicyclic amines) is 1. The number of rotatable bonds is 4. The van der Waals surface area contributed by atoms with Crippen LogP contribution in [-0.4, -0.2) is 28.5 Å². The van der Waals surface area contributed by atoms with Crippen LogP contribution < -0.4 is 4.74 Å². The Hall–Kier alpha value is -2.01. The Morgan fingerprint density at radius 2 is 2.16 bits per heavy atom. The van der Waals surface area contributed by atoms with E-state index in [1.54, 1.807) is 0 Å². The molecule has 3 rings (SSSR count). The summed E-state index contributed by atoms with van der Waals surface area (Å²) in [5, 5.41) is 0.169. The van der Waals surface area contributed by atoms with Crippen LogP contribution in [0.1, 0.15) is 37.4 Å². The molecular formula is C19H22ClFN2O2.